The van der Waals surface area contributed by atoms with Crippen LogP contribution in [0.25, 0.3) is 77.2 Å². The predicted molar refractivity (Wildman–Crippen MR) is 252 cm³/mol. The van der Waals surface area contributed by atoms with E-state index in [0.717, 1.165) is 50.0 Å². The fourth-order valence-corrected chi connectivity index (χ4v) is 10.8. The molecule has 0 saturated carbocycles. The fraction of sp³-hybridized carbons (Fsp3) is 0.103. The molecule has 1 aromatic heterocycles. The Hall–Kier alpha value is -7.16. The number of furan rings is 1. The van der Waals surface area contributed by atoms with Gasteiger partial charge >= 0.3 is 0 Å². The van der Waals surface area contributed by atoms with Gasteiger partial charge in [0.2, 0.25) is 0 Å². The van der Waals surface area contributed by atoms with E-state index in [1.54, 1.807) is 0 Å². The van der Waals surface area contributed by atoms with Crippen molar-refractivity contribution in [2.24, 2.45) is 0 Å². The summed E-state index contributed by atoms with van der Waals surface area (Å²) >= 11 is 0. The minimum absolute atomic E-state index is 0.120. The molecule has 12 rings (SSSR count). The van der Waals surface area contributed by atoms with Gasteiger partial charge in [-0.1, -0.05) is 167 Å². The van der Waals surface area contributed by atoms with E-state index in [1.165, 1.54) is 66.6 Å². The largest absolute Gasteiger partial charge is 0.455 e. The van der Waals surface area contributed by atoms with Gasteiger partial charge in [0.25, 0.3) is 0 Å². The molecule has 2 aliphatic carbocycles. The van der Waals surface area contributed by atoms with Gasteiger partial charge in [-0.25, -0.2) is 0 Å². The Balaban J connectivity index is 1.02. The van der Waals surface area contributed by atoms with Crippen LogP contribution in [-0.2, 0) is 10.8 Å². The smallest absolute Gasteiger partial charge is 0.143 e. The minimum atomic E-state index is -0.123. The lowest BCUT2D eigenvalue weighted by Gasteiger charge is -2.29. The summed E-state index contributed by atoms with van der Waals surface area (Å²) in [6.45, 7) is 9.47. The van der Waals surface area contributed by atoms with Crippen molar-refractivity contribution in [3.05, 3.63) is 210 Å². The average Bonchev–Trinajstić information content (AvgIpc) is 3.87. The molecular weight excluding hydrogens is 727 g/mol. The van der Waals surface area contributed by atoms with Gasteiger partial charge < -0.3 is 9.32 Å². The first kappa shape index (κ1) is 34.8. The molecule has 0 N–H and O–H groups in total. The molecule has 0 fully saturated rings. The highest BCUT2D eigenvalue weighted by molar-refractivity contribution is 6.19. The third-order valence-electron chi connectivity index (χ3n) is 13.6. The van der Waals surface area contributed by atoms with Gasteiger partial charge in [-0.15, -0.1) is 0 Å². The quantitative estimate of drug-likeness (QED) is 0.173. The molecule has 0 aliphatic heterocycles. The SMILES string of the molecule is CC1(C)c2ccccc2-c2ccc(N(c3ccc(-c4cccc5oc6c7ccccc7ccc6c45)cc3)c3cccc(-c4cccc5c4C(C)(C)c4ccccc4-5)c3)cc21. The lowest BCUT2D eigenvalue weighted by molar-refractivity contribution is 0.660. The number of fused-ring (bicyclic) bond motifs is 11. The molecule has 0 radical (unpaired) electrons. The highest BCUT2D eigenvalue weighted by Crippen LogP contribution is 2.54. The molecule has 1 heterocycles. The van der Waals surface area contributed by atoms with Crippen LogP contribution in [0.4, 0.5) is 17.1 Å². The summed E-state index contributed by atoms with van der Waals surface area (Å²) in [6, 6.07) is 69.3. The summed E-state index contributed by atoms with van der Waals surface area (Å²) in [5.41, 5.74) is 20.6. The molecule has 2 aliphatic rings. The predicted octanol–water partition coefficient (Wildman–Crippen LogP) is 16.2. The molecular formula is C58H43NO. The van der Waals surface area contributed by atoms with Crippen LogP contribution in [0.2, 0.25) is 0 Å². The second-order valence-electron chi connectivity index (χ2n) is 17.7. The van der Waals surface area contributed by atoms with E-state index >= 15 is 0 Å². The minimum Gasteiger partial charge on any atom is -0.455 e. The normalized spacial score (nSPS) is 14.3. The maximum Gasteiger partial charge on any atom is 0.143 e. The highest BCUT2D eigenvalue weighted by Gasteiger charge is 2.38. The van der Waals surface area contributed by atoms with Gasteiger partial charge in [0.1, 0.15) is 11.2 Å². The Kier molecular flexibility index (Phi) is 7.36. The fourth-order valence-electron chi connectivity index (χ4n) is 10.8. The maximum absolute atomic E-state index is 6.58. The molecule has 0 saturated heterocycles. The van der Waals surface area contributed by atoms with Gasteiger partial charge in [0, 0.05) is 44.1 Å². The van der Waals surface area contributed by atoms with E-state index in [2.05, 4.69) is 221 Å². The number of anilines is 3. The second kappa shape index (κ2) is 12.7. The first-order valence-corrected chi connectivity index (χ1v) is 21.1. The number of hydrogen-bond donors (Lipinski definition) is 0. The Morgan fingerprint density at radius 3 is 1.83 bits per heavy atom. The molecule has 10 aromatic rings. The Labute approximate surface area is 351 Å². The Morgan fingerprint density at radius 1 is 0.383 bits per heavy atom. The molecule has 2 nitrogen and oxygen atoms in total. The zero-order valence-corrected chi connectivity index (χ0v) is 34.3. The summed E-state index contributed by atoms with van der Waals surface area (Å²) < 4.78 is 6.58. The summed E-state index contributed by atoms with van der Waals surface area (Å²) in [4.78, 5) is 2.44. The Morgan fingerprint density at radius 2 is 1.00 bits per heavy atom. The topological polar surface area (TPSA) is 16.4 Å². The monoisotopic (exact) mass is 769 g/mol. The number of rotatable bonds is 5. The van der Waals surface area contributed by atoms with Crippen molar-refractivity contribution in [1.29, 1.82) is 0 Å². The molecule has 286 valence electrons. The zero-order chi connectivity index (χ0) is 40.3. The third-order valence-corrected chi connectivity index (χ3v) is 13.6. The van der Waals surface area contributed by atoms with Gasteiger partial charge in [0.05, 0.1) is 0 Å². The van der Waals surface area contributed by atoms with E-state index in [9.17, 15) is 0 Å². The van der Waals surface area contributed by atoms with Crippen LogP contribution in [-0.4, -0.2) is 0 Å². The van der Waals surface area contributed by atoms with Crippen LogP contribution in [0.5, 0.6) is 0 Å². The molecule has 2 heteroatoms. The number of benzene rings is 9. The van der Waals surface area contributed by atoms with Gasteiger partial charge in [0.15, 0.2) is 0 Å². The third kappa shape index (κ3) is 4.94. The first-order chi connectivity index (χ1) is 29.3. The number of nitrogens with zero attached hydrogens (tertiary/aromatic N) is 1. The van der Waals surface area contributed by atoms with E-state index in [1.807, 2.05) is 0 Å². The van der Waals surface area contributed by atoms with Crippen molar-refractivity contribution >= 4 is 49.8 Å². The van der Waals surface area contributed by atoms with Crippen LogP contribution < -0.4 is 4.90 Å². The van der Waals surface area contributed by atoms with Gasteiger partial charge in [-0.05, 0) is 121 Å². The van der Waals surface area contributed by atoms with Gasteiger partial charge in [-0.2, -0.15) is 0 Å². The molecule has 0 unspecified atom stereocenters. The van der Waals surface area contributed by atoms with Crippen molar-refractivity contribution in [3.63, 3.8) is 0 Å². The zero-order valence-electron chi connectivity index (χ0n) is 34.3. The molecule has 0 bridgehead atoms. The average molecular weight is 770 g/mol. The summed E-state index contributed by atoms with van der Waals surface area (Å²) in [5.74, 6) is 0. The lowest BCUT2D eigenvalue weighted by Crippen LogP contribution is -2.17. The van der Waals surface area contributed by atoms with E-state index in [0.29, 0.717) is 0 Å². The van der Waals surface area contributed by atoms with Crippen LogP contribution in [0.3, 0.4) is 0 Å². The highest BCUT2D eigenvalue weighted by atomic mass is 16.3. The summed E-state index contributed by atoms with van der Waals surface area (Å²) in [5, 5.41) is 4.61. The molecule has 0 spiro atoms. The van der Waals surface area contributed by atoms with Gasteiger partial charge in [-0.3, -0.25) is 0 Å². The van der Waals surface area contributed by atoms with Crippen LogP contribution in [0.1, 0.15) is 49.9 Å². The standard InChI is InChI=1S/C58H43NO/c1-57(2)50-23-9-7-18-45(50)47-33-31-41(35-52(47)57)59(40-16-11-15-38(34-40)43-21-12-22-48-46-19-8-10-24-51(46)58(3,4)55(43)48)39-29-26-37(27-30-39)42-20-13-25-53-54(42)49-32-28-36-14-5-6-17-44(36)56(49)60-53/h5-35H,1-4H3. The maximum atomic E-state index is 6.58. The summed E-state index contributed by atoms with van der Waals surface area (Å²) in [7, 11) is 0. The molecule has 9 aromatic carbocycles. The first-order valence-electron chi connectivity index (χ1n) is 21.1. The molecule has 60 heavy (non-hydrogen) atoms. The van der Waals surface area contributed by atoms with Crippen LogP contribution >= 0.6 is 0 Å². The molecule has 0 amide bonds. The van der Waals surface area contributed by atoms with E-state index in [4.69, 9.17) is 4.42 Å². The van der Waals surface area contributed by atoms with E-state index < -0.39 is 0 Å². The van der Waals surface area contributed by atoms with Crippen molar-refractivity contribution in [2.45, 2.75) is 38.5 Å². The van der Waals surface area contributed by atoms with Crippen LogP contribution in [0, 0.1) is 0 Å². The number of hydrogen-bond acceptors (Lipinski definition) is 2. The molecule has 0 atom stereocenters. The van der Waals surface area contributed by atoms with Crippen LogP contribution in [0.15, 0.2) is 192 Å². The van der Waals surface area contributed by atoms with Crippen molar-refractivity contribution in [3.8, 4) is 44.5 Å². The lowest BCUT2D eigenvalue weighted by atomic mass is 9.79. The Bertz CT molecular complexity index is 3380. The second-order valence-corrected chi connectivity index (χ2v) is 17.7. The van der Waals surface area contributed by atoms with E-state index in [-0.39, 0.29) is 10.8 Å². The van der Waals surface area contributed by atoms with Crippen molar-refractivity contribution in [2.75, 3.05) is 4.90 Å². The van der Waals surface area contributed by atoms with Crippen molar-refractivity contribution in [1.82, 2.24) is 0 Å². The summed E-state index contributed by atoms with van der Waals surface area (Å²) in [6.07, 6.45) is 0. The van der Waals surface area contributed by atoms with Crippen molar-refractivity contribution < 1.29 is 4.42 Å².